The normalized spacial score (nSPS) is 16.8. The van der Waals surface area contributed by atoms with Gasteiger partial charge in [0.1, 0.15) is 0 Å². The van der Waals surface area contributed by atoms with E-state index in [-0.39, 0.29) is 37.7 Å². The second-order valence-electron chi connectivity index (χ2n) is 7.46. The molecule has 0 N–H and O–H groups in total. The molecule has 152 valence electrons. The Morgan fingerprint density at radius 1 is 1.14 bits per heavy atom. The molecule has 1 aliphatic carbocycles. The molecule has 0 spiro atoms. The summed E-state index contributed by atoms with van der Waals surface area (Å²) in [6.07, 6.45) is 3.76. The highest BCUT2D eigenvalue weighted by Gasteiger charge is 2.27. The minimum absolute atomic E-state index is 0.0415. The number of fused-ring (bicyclic) bond motifs is 2. The molecular weight excluding hydrogens is 370 g/mol. The number of nitrogens with zero attached hydrogens (tertiary/aromatic N) is 1. The van der Waals surface area contributed by atoms with E-state index in [4.69, 9.17) is 14.2 Å². The molecule has 2 aromatic carbocycles. The van der Waals surface area contributed by atoms with Gasteiger partial charge >= 0.3 is 5.97 Å². The first kappa shape index (κ1) is 19.3. The fourth-order valence-electron chi connectivity index (χ4n) is 3.96. The van der Waals surface area contributed by atoms with Crippen LogP contribution in [0.1, 0.15) is 42.0 Å². The van der Waals surface area contributed by atoms with Gasteiger partial charge in [0.15, 0.2) is 18.1 Å². The molecule has 0 fully saturated rings. The van der Waals surface area contributed by atoms with Crippen LogP contribution in [-0.2, 0) is 27.2 Å². The minimum Gasteiger partial charge on any atom is -0.456 e. The van der Waals surface area contributed by atoms with Crippen LogP contribution in [0.4, 0.5) is 0 Å². The van der Waals surface area contributed by atoms with Gasteiger partial charge in [0.05, 0.1) is 6.04 Å². The Kier molecular flexibility index (Phi) is 5.69. The van der Waals surface area contributed by atoms with E-state index in [0.717, 1.165) is 24.8 Å². The van der Waals surface area contributed by atoms with Crippen LogP contribution >= 0.6 is 0 Å². The molecule has 0 aromatic heterocycles. The number of rotatable bonds is 6. The van der Waals surface area contributed by atoms with Gasteiger partial charge in [-0.25, -0.2) is 0 Å². The second kappa shape index (κ2) is 8.55. The number of aryl methyl sites for hydroxylation is 2. The van der Waals surface area contributed by atoms with Crippen LogP contribution in [0.3, 0.4) is 0 Å². The highest BCUT2D eigenvalue weighted by Crippen LogP contribution is 2.34. The zero-order valence-corrected chi connectivity index (χ0v) is 16.6. The summed E-state index contributed by atoms with van der Waals surface area (Å²) in [4.78, 5) is 26.4. The van der Waals surface area contributed by atoms with Crippen molar-refractivity contribution >= 4 is 11.9 Å². The lowest BCUT2D eigenvalue weighted by atomic mass is 9.87. The van der Waals surface area contributed by atoms with Gasteiger partial charge in [0.2, 0.25) is 6.79 Å². The van der Waals surface area contributed by atoms with E-state index in [2.05, 4.69) is 12.1 Å². The van der Waals surface area contributed by atoms with Gasteiger partial charge in [-0.3, -0.25) is 9.59 Å². The number of ether oxygens (including phenoxy) is 3. The highest BCUT2D eigenvalue weighted by atomic mass is 16.7. The molecule has 1 amide bonds. The third-order valence-electron chi connectivity index (χ3n) is 5.61. The monoisotopic (exact) mass is 395 g/mol. The van der Waals surface area contributed by atoms with Gasteiger partial charge in [0.25, 0.3) is 5.91 Å². The molecule has 1 atom stereocenters. The maximum atomic E-state index is 12.6. The Morgan fingerprint density at radius 3 is 2.86 bits per heavy atom. The van der Waals surface area contributed by atoms with E-state index < -0.39 is 0 Å². The maximum absolute atomic E-state index is 12.6. The minimum atomic E-state index is -0.381. The molecule has 0 saturated carbocycles. The number of carbonyl (C=O) groups is 2. The van der Waals surface area contributed by atoms with Crippen LogP contribution in [0, 0.1) is 0 Å². The van der Waals surface area contributed by atoms with Crippen molar-refractivity contribution < 1.29 is 23.8 Å². The molecule has 4 rings (SSSR count). The van der Waals surface area contributed by atoms with Gasteiger partial charge < -0.3 is 19.1 Å². The Bertz CT molecular complexity index is 910. The molecular formula is C23H25NO5. The smallest absolute Gasteiger partial charge is 0.306 e. The van der Waals surface area contributed by atoms with Crippen molar-refractivity contribution in [1.29, 1.82) is 0 Å². The fraction of sp³-hybridized carbons (Fsp3) is 0.391. The quantitative estimate of drug-likeness (QED) is 0.701. The predicted octanol–water partition coefficient (Wildman–Crippen LogP) is 3.43. The number of benzene rings is 2. The number of likely N-dealkylation sites (N-methyl/N-ethyl adjacent to an activating group) is 1. The number of carbonyl (C=O) groups excluding carboxylic acids is 2. The Hall–Kier alpha value is -3.02. The van der Waals surface area contributed by atoms with E-state index in [0.29, 0.717) is 17.9 Å². The van der Waals surface area contributed by atoms with E-state index in [1.54, 1.807) is 11.9 Å². The van der Waals surface area contributed by atoms with Crippen LogP contribution in [0.5, 0.6) is 11.5 Å². The molecule has 1 heterocycles. The topological polar surface area (TPSA) is 65.1 Å². The molecule has 0 bridgehead atoms. The standard InChI is InChI=1S/C23H25NO5/c1-24(19-8-4-6-17-5-2-3-7-18(17)19)22(25)14-27-23(26)12-10-16-9-11-20-21(13-16)29-15-28-20/h2-3,5,7,9,11,13,19H,4,6,8,10,12,14-15H2,1H3. The first-order valence-corrected chi connectivity index (χ1v) is 9.99. The highest BCUT2D eigenvalue weighted by molar-refractivity contribution is 5.81. The third kappa shape index (κ3) is 4.36. The van der Waals surface area contributed by atoms with Crippen molar-refractivity contribution in [2.45, 2.75) is 38.1 Å². The summed E-state index contributed by atoms with van der Waals surface area (Å²) in [5.41, 5.74) is 3.46. The summed E-state index contributed by atoms with van der Waals surface area (Å²) in [6.45, 7) is -0.00291. The zero-order valence-electron chi connectivity index (χ0n) is 16.6. The average Bonchev–Trinajstić information content (AvgIpc) is 3.23. The van der Waals surface area contributed by atoms with Crippen molar-refractivity contribution in [3.63, 3.8) is 0 Å². The van der Waals surface area contributed by atoms with Crippen LogP contribution < -0.4 is 9.47 Å². The fourth-order valence-corrected chi connectivity index (χ4v) is 3.96. The Labute approximate surface area is 170 Å². The lowest BCUT2D eigenvalue weighted by molar-refractivity contribution is -0.152. The zero-order chi connectivity index (χ0) is 20.2. The van der Waals surface area contributed by atoms with E-state index in [1.807, 2.05) is 30.3 Å². The maximum Gasteiger partial charge on any atom is 0.306 e. The largest absolute Gasteiger partial charge is 0.456 e. The summed E-state index contributed by atoms with van der Waals surface area (Å²) in [6, 6.07) is 13.9. The van der Waals surface area contributed by atoms with Gasteiger partial charge in [-0.05, 0) is 54.5 Å². The Balaban J connectivity index is 1.26. The first-order chi connectivity index (χ1) is 14.1. The molecule has 0 saturated heterocycles. The van der Waals surface area contributed by atoms with E-state index in [9.17, 15) is 9.59 Å². The number of hydrogen-bond donors (Lipinski definition) is 0. The number of hydrogen-bond acceptors (Lipinski definition) is 5. The van der Waals surface area contributed by atoms with Crippen molar-refractivity contribution in [3.05, 3.63) is 59.2 Å². The van der Waals surface area contributed by atoms with E-state index in [1.165, 1.54) is 11.1 Å². The first-order valence-electron chi connectivity index (χ1n) is 9.99. The molecule has 1 unspecified atom stereocenters. The summed E-state index contributed by atoms with van der Waals surface area (Å²) in [5, 5.41) is 0. The van der Waals surface area contributed by atoms with Crippen molar-refractivity contribution in [2.24, 2.45) is 0 Å². The molecule has 1 aliphatic heterocycles. The summed E-state index contributed by atoms with van der Waals surface area (Å²) in [5.74, 6) is 0.853. The molecule has 29 heavy (non-hydrogen) atoms. The summed E-state index contributed by atoms with van der Waals surface area (Å²) < 4.78 is 15.9. The van der Waals surface area contributed by atoms with Crippen LogP contribution in [0.25, 0.3) is 0 Å². The molecule has 2 aliphatic rings. The van der Waals surface area contributed by atoms with Crippen molar-refractivity contribution in [1.82, 2.24) is 4.90 Å². The molecule has 6 nitrogen and oxygen atoms in total. The second-order valence-corrected chi connectivity index (χ2v) is 7.46. The third-order valence-corrected chi connectivity index (χ3v) is 5.61. The van der Waals surface area contributed by atoms with Crippen LogP contribution in [0.2, 0.25) is 0 Å². The van der Waals surface area contributed by atoms with Gasteiger partial charge in [-0.2, -0.15) is 0 Å². The van der Waals surface area contributed by atoms with E-state index >= 15 is 0 Å². The SMILES string of the molecule is CN(C(=O)COC(=O)CCc1ccc2c(c1)OCO2)C1CCCc2ccccc21. The molecule has 6 heteroatoms. The number of esters is 1. The van der Waals surface area contributed by atoms with Crippen LogP contribution in [-0.4, -0.2) is 37.2 Å². The van der Waals surface area contributed by atoms with Crippen molar-refractivity contribution in [2.75, 3.05) is 20.4 Å². The van der Waals surface area contributed by atoms with Crippen molar-refractivity contribution in [3.8, 4) is 11.5 Å². The lowest BCUT2D eigenvalue weighted by Crippen LogP contribution is -2.36. The summed E-state index contributed by atoms with van der Waals surface area (Å²) >= 11 is 0. The van der Waals surface area contributed by atoms with Gasteiger partial charge in [-0.15, -0.1) is 0 Å². The predicted molar refractivity (Wildman–Crippen MR) is 107 cm³/mol. The molecule has 2 aromatic rings. The summed E-state index contributed by atoms with van der Waals surface area (Å²) in [7, 11) is 1.79. The van der Waals surface area contributed by atoms with Gasteiger partial charge in [0, 0.05) is 13.5 Å². The molecule has 0 radical (unpaired) electrons. The van der Waals surface area contributed by atoms with Crippen LogP contribution in [0.15, 0.2) is 42.5 Å². The van der Waals surface area contributed by atoms with Gasteiger partial charge in [-0.1, -0.05) is 30.3 Å². The average molecular weight is 395 g/mol. The lowest BCUT2D eigenvalue weighted by Gasteiger charge is -2.33. The Morgan fingerprint density at radius 2 is 1.97 bits per heavy atom. The number of amides is 1.